The molecule has 0 aliphatic heterocycles. The second kappa shape index (κ2) is 17.9. The zero-order chi connectivity index (χ0) is 18.3. The van der Waals surface area contributed by atoms with Gasteiger partial charge in [0, 0.05) is 6.42 Å². The summed E-state index contributed by atoms with van der Waals surface area (Å²) in [6.07, 6.45) is 10.9. The molecule has 0 atom stereocenters. The number of nitrogens with one attached hydrogen (secondary N) is 1. The van der Waals surface area contributed by atoms with Gasteiger partial charge in [-0.15, -0.1) is 0 Å². The number of ether oxygens (including phenoxy) is 1. The van der Waals surface area contributed by atoms with E-state index < -0.39 is 21.8 Å². The predicted octanol–water partition coefficient (Wildman–Crippen LogP) is -0.884. The van der Waals surface area contributed by atoms with Gasteiger partial charge < -0.3 is 14.6 Å². The summed E-state index contributed by atoms with van der Waals surface area (Å²) in [6, 6.07) is 0. The van der Waals surface area contributed by atoms with E-state index in [-0.39, 0.29) is 70.5 Å². The van der Waals surface area contributed by atoms with Crippen LogP contribution in [0.15, 0.2) is 0 Å². The van der Waals surface area contributed by atoms with Gasteiger partial charge in [0.05, 0.1) is 6.54 Å². The van der Waals surface area contributed by atoms with E-state index in [0.717, 1.165) is 19.3 Å². The van der Waals surface area contributed by atoms with Crippen LogP contribution >= 0.6 is 0 Å². The maximum absolute atomic E-state index is 11.4. The topological polar surface area (TPSA) is 113 Å². The van der Waals surface area contributed by atoms with Crippen LogP contribution in [0.4, 0.5) is 0 Å². The monoisotopic (exact) mass is 403 g/mol. The van der Waals surface area contributed by atoms with Crippen molar-refractivity contribution in [3.63, 3.8) is 0 Å². The van der Waals surface area contributed by atoms with Crippen LogP contribution < -0.4 is 56.7 Å². The Balaban J connectivity index is 0. The fourth-order valence-corrected chi connectivity index (χ4v) is 2.64. The average molecular weight is 404 g/mol. The molecule has 0 aliphatic carbocycles. The Morgan fingerprint density at radius 1 is 0.960 bits per heavy atom. The Morgan fingerprint density at radius 2 is 1.48 bits per heavy atom. The first-order chi connectivity index (χ1) is 11.3. The third-order valence-electron chi connectivity index (χ3n) is 3.48. The molecule has 9 heteroatoms. The number of esters is 1. The Labute approximate surface area is 194 Å². The maximum atomic E-state index is 11.4. The minimum Gasteiger partial charge on any atom is -0.748 e. The second-order valence-corrected chi connectivity index (χ2v) is 7.25. The molecule has 0 saturated carbocycles. The van der Waals surface area contributed by atoms with Crippen LogP contribution in [0, 0.1) is 0 Å². The van der Waals surface area contributed by atoms with Crippen LogP contribution in [0.5, 0.6) is 0 Å². The van der Waals surface area contributed by atoms with Crippen LogP contribution in [0.3, 0.4) is 0 Å². The molecule has 25 heavy (non-hydrogen) atoms. The maximum Gasteiger partial charge on any atom is 1.00 e. The molecule has 0 aromatic carbocycles. The van der Waals surface area contributed by atoms with Crippen LogP contribution in [0.25, 0.3) is 0 Å². The second-order valence-electron chi connectivity index (χ2n) is 5.85. The van der Waals surface area contributed by atoms with Crippen molar-refractivity contribution in [1.29, 1.82) is 0 Å². The fourth-order valence-electron chi connectivity index (χ4n) is 2.22. The molecule has 0 spiro atoms. The number of carbonyl (C=O) groups is 2. The Kier molecular flexibility index (Phi) is 19.8. The van der Waals surface area contributed by atoms with E-state index in [4.69, 9.17) is 4.74 Å². The molecule has 7 nitrogen and oxygen atoms in total. The van der Waals surface area contributed by atoms with E-state index in [1.54, 1.807) is 0 Å². The van der Waals surface area contributed by atoms with Gasteiger partial charge in [0.2, 0.25) is 5.91 Å². The van der Waals surface area contributed by atoms with Gasteiger partial charge in [0.25, 0.3) is 0 Å². The van der Waals surface area contributed by atoms with E-state index in [0.29, 0.717) is 6.42 Å². The summed E-state index contributed by atoms with van der Waals surface area (Å²) < 4.78 is 35.9. The molecule has 0 saturated heterocycles. The van der Waals surface area contributed by atoms with Crippen LogP contribution in [-0.4, -0.2) is 43.8 Å². The SMILES string of the molecule is CCCCCCCCCCCC(=O)OCCNC(=O)CS(=O)(=O)[O-].[K+]. The summed E-state index contributed by atoms with van der Waals surface area (Å²) in [5.74, 6) is -2.32. The van der Waals surface area contributed by atoms with Crippen molar-refractivity contribution >= 4 is 22.0 Å². The van der Waals surface area contributed by atoms with Crippen LogP contribution in [0.2, 0.25) is 0 Å². The molecular weight excluding hydrogens is 373 g/mol. The summed E-state index contributed by atoms with van der Waals surface area (Å²) in [7, 11) is -4.57. The van der Waals surface area contributed by atoms with Crippen molar-refractivity contribution in [2.75, 3.05) is 18.9 Å². The number of carbonyl (C=O) groups excluding carboxylic acids is 2. The van der Waals surface area contributed by atoms with Crippen LogP contribution in [-0.2, 0) is 24.4 Å². The number of rotatable bonds is 15. The van der Waals surface area contributed by atoms with Gasteiger partial charge in [-0.25, -0.2) is 8.42 Å². The molecule has 1 amide bonds. The molecule has 142 valence electrons. The molecule has 0 aliphatic rings. The molecule has 0 aromatic rings. The molecule has 0 radical (unpaired) electrons. The van der Waals surface area contributed by atoms with Gasteiger partial charge in [-0.05, 0) is 6.42 Å². The van der Waals surface area contributed by atoms with E-state index in [2.05, 4.69) is 12.2 Å². The first kappa shape index (κ1) is 27.7. The van der Waals surface area contributed by atoms with E-state index in [1.165, 1.54) is 38.5 Å². The van der Waals surface area contributed by atoms with Crippen molar-refractivity contribution in [1.82, 2.24) is 5.32 Å². The van der Waals surface area contributed by atoms with Crippen molar-refractivity contribution in [2.24, 2.45) is 0 Å². The zero-order valence-electron chi connectivity index (χ0n) is 15.6. The Hall–Kier alpha value is 0.486. The van der Waals surface area contributed by atoms with Gasteiger partial charge >= 0.3 is 57.4 Å². The van der Waals surface area contributed by atoms with Crippen molar-refractivity contribution in [3.8, 4) is 0 Å². The van der Waals surface area contributed by atoms with E-state index >= 15 is 0 Å². The minimum absolute atomic E-state index is 0. The summed E-state index contributed by atoms with van der Waals surface area (Å²) >= 11 is 0. The summed E-state index contributed by atoms with van der Waals surface area (Å²) in [6.45, 7) is 2.17. The Morgan fingerprint density at radius 3 is 2.00 bits per heavy atom. The number of amides is 1. The normalized spacial score (nSPS) is 10.8. The van der Waals surface area contributed by atoms with Gasteiger partial charge in [-0.1, -0.05) is 58.3 Å². The summed E-state index contributed by atoms with van der Waals surface area (Å²) in [5, 5.41) is 2.20. The summed E-state index contributed by atoms with van der Waals surface area (Å²) in [4.78, 5) is 22.5. The third kappa shape index (κ3) is 22.4. The summed E-state index contributed by atoms with van der Waals surface area (Å²) in [5.41, 5.74) is 0. The first-order valence-corrected chi connectivity index (χ1v) is 10.3. The first-order valence-electron chi connectivity index (χ1n) is 8.71. The van der Waals surface area contributed by atoms with E-state index in [1.807, 2.05) is 0 Å². The van der Waals surface area contributed by atoms with Gasteiger partial charge in [-0.2, -0.15) is 0 Å². The average Bonchev–Trinajstić information content (AvgIpc) is 2.48. The number of hydrogen-bond acceptors (Lipinski definition) is 6. The molecule has 0 fully saturated rings. The van der Waals surface area contributed by atoms with Crippen molar-refractivity contribution in [3.05, 3.63) is 0 Å². The minimum atomic E-state index is -4.57. The molecule has 0 rings (SSSR count). The van der Waals surface area contributed by atoms with Crippen molar-refractivity contribution in [2.45, 2.75) is 71.1 Å². The van der Waals surface area contributed by atoms with Gasteiger partial charge in [0.15, 0.2) is 0 Å². The van der Waals surface area contributed by atoms with Crippen molar-refractivity contribution < 1.29 is 78.7 Å². The molecule has 0 heterocycles. The molecule has 0 aromatic heterocycles. The standard InChI is InChI=1S/C16H31NO6S.K/c1-2-3-4-5-6-7-8-9-10-11-16(19)23-13-12-17-15(18)14-24(20,21)22;/h2-14H2,1H3,(H,17,18)(H,20,21,22);/q;+1/p-1. The molecular formula is C16H30KNO6S. The zero-order valence-corrected chi connectivity index (χ0v) is 19.5. The fraction of sp³-hybridized carbons (Fsp3) is 0.875. The quantitative estimate of drug-likeness (QED) is 0.164. The van der Waals surface area contributed by atoms with Gasteiger partial charge in [-0.3, -0.25) is 9.59 Å². The van der Waals surface area contributed by atoms with Gasteiger partial charge in [0.1, 0.15) is 22.5 Å². The number of unbranched alkanes of at least 4 members (excludes halogenated alkanes) is 8. The molecule has 0 unspecified atom stereocenters. The molecule has 0 bridgehead atoms. The molecule has 1 N–H and O–H groups in total. The van der Waals surface area contributed by atoms with Crippen LogP contribution in [0.1, 0.15) is 71.1 Å². The Bertz CT molecular complexity index is 456. The van der Waals surface area contributed by atoms with E-state index in [9.17, 15) is 22.6 Å². The largest absolute Gasteiger partial charge is 1.00 e. The number of hydrogen-bond donors (Lipinski definition) is 1. The predicted molar refractivity (Wildman–Crippen MR) is 90.4 cm³/mol. The smallest absolute Gasteiger partial charge is 0.748 e. The third-order valence-corrected chi connectivity index (χ3v) is 4.10.